The zero-order chi connectivity index (χ0) is 22.8. The number of para-hydroxylation sites is 2. The maximum Gasteiger partial charge on any atom is 2.00 e. The molecule has 34 heavy (non-hydrogen) atoms. The molecule has 0 aliphatic carbocycles. The molecule has 0 N–H and O–H groups in total. The Morgan fingerprint density at radius 1 is 0.706 bits per heavy atom. The average Bonchev–Trinajstić information content (AvgIpc) is 3.18. The minimum absolute atomic E-state index is 0. The third kappa shape index (κ3) is 7.61. The van der Waals surface area contributed by atoms with Crippen LogP contribution in [0.4, 0.5) is 11.4 Å². The summed E-state index contributed by atoms with van der Waals surface area (Å²) in [6.07, 6.45) is 2.94. The van der Waals surface area contributed by atoms with Crippen molar-refractivity contribution >= 4 is 28.5 Å². The van der Waals surface area contributed by atoms with E-state index in [9.17, 15) is 0 Å². The van der Waals surface area contributed by atoms with Crippen molar-refractivity contribution in [2.45, 2.75) is 72.6 Å². The van der Waals surface area contributed by atoms with Gasteiger partial charge in [-0.15, -0.1) is 0 Å². The molecule has 1 aliphatic heterocycles. The van der Waals surface area contributed by atoms with Gasteiger partial charge in [-0.05, 0) is 47.9 Å². The van der Waals surface area contributed by atoms with Crippen LogP contribution in [0.5, 0.6) is 0 Å². The second-order valence-corrected chi connectivity index (χ2v) is 10.3. The van der Waals surface area contributed by atoms with E-state index in [0.717, 1.165) is 40.6 Å². The molecule has 1 heterocycles. The molecule has 0 atom stereocenters. The minimum atomic E-state index is 0. The van der Waals surface area contributed by atoms with Gasteiger partial charge in [-0.25, -0.2) is 4.99 Å². The van der Waals surface area contributed by atoms with Crippen LogP contribution >= 0.6 is 0 Å². The SMILES string of the molecule is CC(=Nc1ccccc1C(C)(C)C)C1=CCC(C(C)=Nc2ccccc2C(C)(C)C)=N1.[CH3-].[CH3-].[Fe+2]. The Morgan fingerprint density at radius 3 is 1.56 bits per heavy atom. The molecular formula is C30H41FeN3. The van der Waals surface area contributed by atoms with Gasteiger partial charge < -0.3 is 14.9 Å². The Morgan fingerprint density at radius 2 is 1.12 bits per heavy atom. The van der Waals surface area contributed by atoms with Gasteiger partial charge in [0.1, 0.15) is 0 Å². The summed E-state index contributed by atoms with van der Waals surface area (Å²) in [7, 11) is 0. The summed E-state index contributed by atoms with van der Waals surface area (Å²) in [4.78, 5) is 14.8. The van der Waals surface area contributed by atoms with Crippen molar-refractivity contribution in [3.8, 4) is 0 Å². The first-order valence-corrected chi connectivity index (χ1v) is 11.0. The van der Waals surface area contributed by atoms with Gasteiger partial charge in [-0.1, -0.05) is 84.0 Å². The maximum absolute atomic E-state index is 4.94. The number of rotatable bonds is 4. The minimum Gasteiger partial charge on any atom is -0.358 e. The Bertz CT molecular complexity index is 1090. The van der Waals surface area contributed by atoms with Gasteiger partial charge in [0.25, 0.3) is 0 Å². The summed E-state index contributed by atoms with van der Waals surface area (Å²) in [6.45, 7) is 17.4. The summed E-state index contributed by atoms with van der Waals surface area (Å²) < 4.78 is 0. The largest absolute Gasteiger partial charge is 2.00 e. The van der Waals surface area contributed by atoms with Crippen LogP contribution in [0.15, 0.2) is 75.3 Å². The Labute approximate surface area is 219 Å². The summed E-state index contributed by atoms with van der Waals surface area (Å²) in [5.41, 5.74) is 8.48. The summed E-state index contributed by atoms with van der Waals surface area (Å²) >= 11 is 0. The summed E-state index contributed by atoms with van der Waals surface area (Å²) in [5.74, 6) is 0. The van der Waals surface area contributed by atoms with Gasteiger partial charge in [-0.2, -0.15) is 0 Å². The van der Waals surface area contributed by atoms with Gasteiger partial charge in [-0.3, -0.25) is 9.98 Å². The predicted octanol–water partition coefficient (Wildman–Crippen LogP) is 8.79. The number of benzene rings is 2. The van der Waals surface area contributed by atoms with Crippen molar-refractivity contribution in [1.82, 2.24) is 0 Å². The van der Waals surface area contributed by atoms with Crippen molar-refractivity contribution < 1.29 is 17.1 Å². The molecule has 0 amide bonds. The molecule has 1 aliphatic rings. The Hall–Kier alpha value is -2.29. The molecule has 2 aromatic carbocycles. The third-order valence-electron chi connectivity index (χ3n) is 5.53. The van der Waals surface area contributed by atoms with E-state index in [4.69, 9.17) is 15.0 Å². The second kappa shape index (κ2) is 12.4. The Kier molecular flexibility index (Phi) is 11.6. The fourth-order valence-electron chi connectivity index (χ4n) is 3.78. The van der Waals surface area contributed by atoms with Crippen LogP contribution in [0, 0.1) is 14.9 Å². The zero-order valence-corrected chi connectivity index (χ0v) is 23.7. The molecule has 0 spiro atoms. The molecular weight excluding hydrogens is 458 g/mol. The summed E-state index contributed by atoms with van der Waals surface area (Å²) in [6, 6.07) is 16.7. The van der Waals surface area contributed by atoms with Gasteiger partial charge in [0.05, 0.1) is 34.2 Å². The van der Waals surface area contributed by atoms with Crippen molar-refractivity contribution in [3.63, 3.8) is 0 Å². The van der Waals surface area contributed by atoms with Crippen molar-refractivity contribution in [3.05, 3.63) is 86.3 Å². The molecule has 4 heteroatoms. The topological polar surface area (TPSA) is 37.1 Å². The van der Waals surface area contributed by atoms with E-state index in [0.29, 0.717) is 0 Å². The van der Waals surface area contributed by atoms with Crippen LogP contribution in [-0.2, 0) is 27.9 Å². The fourth-order valence-corrected chi connectivity index (χ4v) is 3.78. The van der Waals surface area contributed by atoms with E-state index in [1.807, 2.05) is 19.1 Å². The van der Waals surface area contributed by atoms with E-state index in [1.54, 1.807) is 0 Å². The zero-order valence-electron chi connectivity index (χ0n) is 22.6. The van der Waals surface area contributed by atoms with Gasteiger partial charge in [0.15, 0.2) is 0 Å². The number of hydrogen-bond acceptors (Lipinski definition) is 3. The molecule has 0 radical (unpaired) electrons. The van der Waals surface area contributed by atoms with Crippen LogP contribution in [0.1, 0.15) is 72.9 Å². The molecule has 184 valence electrons. The number of aliphatic imine (C=N–C) groups is 3. The standard InChI is InChI=1S/C28H35N3.2CH3.Fe/c1-19(29-25-15-11-9-13-21(25)27(3,4)5)23-17-18-24(31-23)20(2)30-26-16-12-10-14-22(26)28(6,7)8;;;/h9-17H,18H2,1-8H3;2*1H3;/q;2*-1;+2. The number of nitrogens with zero attached hydrogens (tertiary/aromatic N) is 3. The molecule has 0 fully saturated rings. The second-order valence-electron chi connectivity index (χ2n) is 10.3. The van der Waals surface area contributed by atoms with Gasteiger partial charge >= 0.3 is 17.1 Å². The first kappa shape index (κ1) is 31.7. The Balaban J connectivity index is 0.00000363. The van der Waals surface area contributed by atoms with Crippen LogP contribution in [0.3, 0.4) is 0 Å². The molecule has 0 aromatic heterocycles. The van der Waals surface area contributed by atoms with Crippen molar-refractivity contribution in [1.29, 1.82) is 0 Å². The molecule has 0 saturated carbocycles. The van der Waals surface area contributed by atoms with Crippen LogP contribution in [-0.4, -0.2) is 17.1 Å². The molecule has 0 saturated heterocycles. The quantitative estimate of drug-likeness (QED) is 0.229. The van der Waals surface area contributed by atoms with E-state index >= 15 is 0 Å². The molecule has 2 aromatic rings. The van der Waals surface area contributed by atoms with Crippen molar-refractivity contribution in [2.75, 3.05) is 0 Å². The first-order valence-electron chi connectivity index (χ1n) is 11.0. The molecule has 3 nitrogen and oxygen atoms in total. The maximum atomic E-state index is 4.94. The monoisotopic (exact) mass is 499 g/mol. The third-order valence-corrected chi connectivity index (χ3v) is 5.53. The molecule has 0 bridgehead atoms. The van der Waals surface area contributed by atoms with Crippen LogP contribution in [0.25, 0.3) is 0 Å². The van der Waals surface area contributed by atoms with Gasteiger partial charge in [0.2, 0.25) is 0 Å². The first-order chi connectivity index (χ1) is 14.5. The molecule has 3 rings (SSSR count). The predicted molar refractivity (Wildman–Crippen MR) is 149 cm³/mol. The van der Waals surface area contributed by atoms with Crippen molar-refractivity contribution in [2.24, 2.45) is 15.0 Å². The van der Waals surface area contributed by atoms with E-state index in [1.165, 1.54) is 11.1 Å². The van der Waals surface area contributed by atoms with Gasteiger partial charge in [0, 0.05) is 6.42 Å². The van der Waals surface area contributed by atoms with E-state index in [-0.39, 0.29) is 42.8 Å². The van der Waals surface area contributed by atoms with Crippen LogP contribution in [0.2, 0.25) is 0 Å². The van der Waals surface area contributed by atoms with E-state index < -0.39 is 0 Å². The summed E-state index contributed by atoms with van der Waals surface area (Å²) in [5, 5.41) is 0. The number of hydrogen-bond donors (Lipinski definition) is 0. The average molecular weight is 500 g/mol. The van der Waals surface area contributed by atoms with Crippen LogP contribution < -0.4 is 0 Å². The normalized spacial score (nSPS) is 14.4. The molecule has 0 unspecified atom stereocenters. The van der Waals surface area contributed by atoms with E-state index in [2.05, 4.69) is 90.9 Å². The number of allylic oxidation sites excluding steroid dienone is 2. The fraction of sp³-hybridized carbons (Fsp3) is 0.367. The smallest absolute Gasteiger partial charge is 0.358 e.